The molecule has 24 heavy (non-hydrogen) atoms. The van der Waals surface area contributed by atoms with Gasteiger partial charge < -0.3 is 9.47 Å². The molecule has 0 aliphatic heterocycles. The van der Waals surface area contributed by atoms with Crippen molar-refractivity contribution in [2.75, 3.05) is 0 Å². The summed E-state index contributed by atoms with van der Waals surface area (Å²) in [4.78, 5) is 24.1. The van der Waals surface area contributed by atoms with Gasteiger partial charge in [-0.3, -0.25) is 9.59 Å². The normalized spacial score (nSPS) is 11.8. The summed E-state index contributed by atoms with van der Waals surface area (Å²) in [6.45, 7) is 6.09. The van der Waals surface area contributed by atoms with Crippen LogP contribution in [0.5, 0.6) is 11.5 Å². The van der Waals surface area contributed by atoms with Gasteiger partial charge in [-0.15, -0.1) is 0 Å². The van der Waals surface area contributed by atoms with Gasteiger partial charge in [-0.1, -0.05) is 65.0 Å². The quantitative estimate of drug-likeness (QED) is 0.313. The predicted octanol–water partition coefficient (Wildman–Crippen LogP) is 5.29. The van der Waals surface area contributed by atoms with Crippen LogP contribution >= 0.6 is 0 Å². The molecule has 0 saturated carbocycles. The van der Waals surface area contributed by atoms with E-state index in [-0.39, 0.29) is 17.9 Å². The minimum absolute atomic E-state index is 0.162. The Morgan fingerprint density at radius 1 is 0.917 bits per heavy atom. The standard InChI is InChI=1S/C20H30O4/c1-4-6-8-12-16(3)20(22)24-18-14-11-10-13-17(18)23-19(21)15-9-7-5-2/h10-11,13-14,16H,4-9,12,15H2,1-3H3. The van der Waals surface area contributed by atoms with Gasteiger partial charge in [0.05, 0.1) is 5.92 Å². The molecule has 0 saturated heterocycles. The van der Waals surface area contributed by atoms with E-state index in [1.807, 2.05) is 6.92 Å². The van der Waals surface area contributed by atoms with Crippen molar-refractivity contribution >= 4 is 11.9 Å². The van der Waals surface area contributed by atoms with Crippen molar-refractivity contribution in [1.82, 2.24) is 0 Å². The third-order valence-corrected chi connectivity index (χ3v) is 3.91. The van der Waals surface area contributed by atoms with Gasteiger partial charge in [-0.05, 0) is 25.0 Å². The monoisotopic (exact) mass is 334 g/mol. The Kier molecular flexibility index (Phi) is 9.81. The molecule has 0 amide bonds. The van der Waals surface area contributed by atoms with E-state index in [4.69, 9.17) is 9.47 Å². The molecule has 0 spiro atoms. The average molecular weight is 334 g/mol. The van der Waals surface area contributed by atoms with E-state index in [1.54, 1.807) is 24.3 Å². The molecule has 4 nitrogen and oxygen atoms in total. The highest BCUT2D eigenvalue weighted by Gasteiger charge is 2.18. The van der Waals surface area contributed by atoms with Crippen LogP contribution in [0.4, 0.5) is 0 Å². The summed E-state index contributed by atoms with van der Waals surface area (Å²) in [6, 6.07) is 6.84. The summed E-state index contributed by atoms with van der Waals surface area (Å²) >= 11 is 0. The number of esters is 2. The molecule has 1 aromatic carbocycles. The van der Waals surface area contributed by atoms with Crippen molar-refractivity contribution in [1.29, 1.82) is 0 Å². The number of unbranched alkanes of at least 4 members (excludes halogenated alkanes) is 4. The lowest BCUT2D eigenvalue weighted by molar-refractivity contribution is -0.140. The number of carbonyl (C=O) groups is 2. The van der Waals surface area contributed by atoms with Crippen molar-refractivity contribution in [3.8, 4) is 11.5 Å². The second-order valence-electron chi connectivity index (χ2n) is 6.20. The van der Waals surface area contributed by atoms with Crippen LogP contribution in [0.25, 0.3) is 0 Å². The molecule has 1 unspecified atom stereocenters. The summed E-state index contributed by atoms with van der Waals surface area (Å²) in [5, 5.41) is 0. The van der Waals surface area contributed by atoms with Crippen LogP contribution in [0.15, 0.2) is 24.3 Å². The maximum Gasteiger partial charge on any atom is 0.314 e. The number of hydrogen-bond acceptors (Lipinski definition) is 4. The first-order valence-electron chi connectivity index (χ1n) is 9.09. The van der Waals surface area contributed by atoms with Crippen LogP contribution in [0.1, 0.15) is 72.1 Å². The molecule has 1 aromatic rings. The Morgan fingerprint density at radius 2 is 1.50 bits per heavy atom. The van der Waals surface area contributed by atoms with Crippen molar-refractivity contribution in [2.45, 2.75) is 72.1 Å². The van der Waals surface area contributed by atoms with Gasteiger partial charge >= 0.3 is 11.9 Å². The molecule has 1 atom stereocenters. The third-order valence-electron chi connectivity index (χ3n) is 3.91. The van der Waals surface area contributed by atoms with E-state index in [0.717, 1.165) is 44.9 Å². The zero-order valence-corrected chi connectivity index (χ0v) is 15.2. The van der Waals surface area contributed by atoms with Gasteiger partial charge in [-0.25, -0.2) is 0 Å². The van der Waals surface area contributed by atoms with Crippen molar-refractivity contribution in [3.05, 3.63) is 24.3 Å². The molecule has 4 heteroatoms. The number of ether oxygens (including phenoxy) is 2. The summed E-state index contributed by atoms with van der Waals surface area (Å²) in [5.74, 6) is -0.102. The molecule has 0 bridgehead atoms. The number of rotatable bonds is 11. The maximum atomic E-state index is 12.2. The van der Waals surface area contributed by atoms with E-state index >= 15 is 0 Å². The molecular formula is C20H30O4. The van der Waals surface area contributed by atoms with Gasteiger partial charge in [0.2, 0.25) is 0 Å². The Bertz CT molecular complexity index is 510. The Labute approximate surface area is 145 Å². The van der Waals surface area contributed by atoms with Gasteiger partial charge in [-0.2, -0.15) is 0 Å². The number of para-hydroxylation sites is 2. The molecule has 134 valence electrons. The Hall–Kier alpha value is -1.84. The highest BCUT2D eigenvalue weighted by Crippen LogP contribution is 2.28. The van der Waals surface area contributed by atoms with Gasteiger partial charge in [0.15, 0.2) is 11.5 Å². The van der Waals surface area contributed by atoms with Gasteiger partial charge in [0, 0.05) is 6.42 Å². The fourth-order valence-corrected chi connectivity index (χ4v) is 2.34. The van der Waals surface area contributed by atoms with Crippen LogP contribution in [0, 0.1) is 5.92 Å². The lowest BCUT2D eigenvalue weighted by Crippen LogP contribution is -2.18. The number of benzene rings is 1. The first-order chi connectivity index (χ1) is 11.6. The van der Waals surface area contributed by atoms with Crippen LogP contribution in [-0.4, -0.2) is 11.9 Å². The maximum absolute atomic E-state index is 12.2. The molecule has 0 aliphatic rings. The molecule has 0 N–H and O–H groups in total. The minimum atomic E-state index is -0.289. The summed E-state index contributed by atoms with van der Waals surface area (Å²) in [6.07, 6.45) is 7.31. The summed E-state index contributed by atoms with van der Waals surface area (Å²) < 4.78 is 10.8. The van der Waals surface area contributed by atoms with E-state index < -0.39 is 0 Å². The molecule has 0 aromatic heterocycles. The van der Waals surface area contributed by atoms with Gasteiger partial charge in [0.1, 0.15) is 0 Å². The van der Waals surface area contributed by atoms with E-state index in [9.17, 15) is 9.59 Å². The van der Waals surface area contributed by atoms with Crippen LogP contribution < -0.4 is 9.47 Å². The van der Waals surface area contributed by atoms with Crippen molar-refractivity contribution < 1.29 is 19.1 Å². The van der Waals surface area contributed by atoms with Crippen LogP contribution in [-0.2, 0) is 9.59 Å². The molecular weight excluding hydrogens is 304 g/mol. The van der Waals surface area contributed by atoms with Crippen molar-refractivity contribution in [2.24, 2.45) is 5.92 Å². The lowest BCUT2D eigenvalue weighted by Gasteiger charge is -2.13. The first-order valence-corrected chi connectivity index (χ1v) is 9.09. The SMILES string of the molecule is CCCCCC(=O)Oc1ccccc1OC(=O)C(C)CCCCC. The highest BCUT2D eigenvalue weighted by molar-refractivity contribution is 5.77. The van der Waals surface area contributed by atoms with E-state index in [1.165, 1.54) is 0 Å². The summed E-state index contributed by atoms with van der Waals surface area (Å²) in [7, 11) is 0. The topological polar surface area (TPSA) is 52.6 Å². The lowest BCUT2D eigenvalue weighted by atomic mass is 10.0. The Balaban J connectivity index is 2.59. The smallest absolute Gasteiger partial charge is 0.314 e. The van der Waals surface area contributed by atoms with Crippen molar-refractivity contribution in [3.63, 3.8) is 0 Å². The zero-order chi connectivity index (χ0) is 17.8. The number of carbonyl (C=O) groups excluding carboxylic acids is 2. The summed E-state index contributed by atoms with van der Waals surface area (Å²) in [5.41, 5.74) is 0. The third kappa shape index (κ3) is 7.62. The molecule has 0 radical (unpaired) electrons. The zero-order valence-electron chi connectivity index (χ0n) is 15.2. The highest BCUT2D eigenvalue weighted by atomic mass is 16.6. The second kappa shape index (κ2) is 11.7. The second-order valence-corrected chi connectivity index (χ2v) is 6.20. The van der Waals surface area contributed by atoms with E-state index in [2.05, 4.69) is 13.8 Å². The first kappa shape index (κ1) is 20.2. The van der Waals surface area contributed by atoms with Gasteiger partial charge in [0.25, 0.3) is 0 Å². The minimum Gasteiger partial charge on any atom is -0.423 e. The molecule has 0 fully saturated rings. The Morgan fingerprint density at radius 3 is 2.12 bits per heavy atom. The fraction of sp³-hybridized carbons (Fsp3) is 0.600. The largest absolute Gasteiger partial charge is 0.423 e. The van der Waals surface area contributed by atoms with Crippen LogP contribution in [0.2, 0.25) is 0 Å². The molecule has 0 heterocycles. The fourth-order valence-electron chi connectivity index (χ4n) is 2.34. The predicted molar refractivity (Wildman–Crippen MR) is 95.2 cm³/mol. The molecule has 0 aliphatic carbocycles. The van der Waals surface area contributed by atoms with Crippen LogP contribution in [0.3, 0.4) is 0 Å². The average Bonchev–Trinajstić information content (AvgIpc) is 2.57. The number of hydrogen-bond donors (Lipinski definition) is 0. The van der Waals surface area contributed by atoms with E-state index in [0.29, 0.717) is 17.9 Å². The molecule has 1 rings (SSSR count).